The first-order chi connectivity index (χ1) is 9.65. The molecule has 0 bridgehead atoms. The largest absolute Gasteiger partial charge is 0.307 e. The molecule has 1 N–H and O–H groups in total. The van der Waals surface area contributed by atoms with Crippen LogP contribution in [0, 0.1) is 12.7 Å². The van der Waals surface area contributed by atoms with Crippen molar-refractivity contribution in [3.63, 3.8) is 0 Å². The maximum absolute atomic E-state index is 13.4. The molecule has 2 aromatic carbocycles. The molecule has 0 spiro atoms. The summed E-state index contributed by atoms with van der Waals surface area (Å²) in [5, 5.41) is 3.49. The molecule has 0 aliphatic heterocycles. The normalized spacial score (nSPS) is 12.4. The van der Waals surface area contributed by atoms with Gasteiger partial charge in [0.1, 0.15) is 5.82 Å². The van der Waals surface area contributed by atoms with Crippen molar-refractivity contribution in [1.82, 2.24) is 5.32 Å². The molecule has 20 heavy (non-hydrogen) atoms. The molecule has 0 heterocycles. The van der Waals surface area contributed by atoms with Gasteiger partial charge in [-0.25, -0.2) is 4.39 Å². The second-order valence-electron chi connectivity index (χ2n) is 5.10. The van der Waals surface area contributed by atoms with E-state index in [-0.39, 0.29) is 11.9 Å². The summed E-state index contributed by atoms with van der Waals surface area (Å²) in [6.07, 6.45) is 1.02. The molecule has 1 unspecified atom stereocenters. The van der Waals surface area contributed by atoms with E-state index in [9.17, 15) is 4.39 Å². The molecule has 1 nitrogen and oxygen atoms in total. The van der Waals surface area contributed by atoms with Gasteiger partial charge in [-0.3, -0.25) is 0 Å². The fraction of sp³-hybridized carbons (Fsp3) is 0.333. The van der Waals surface area contributed by atoms with Gasteiger partial charge in [-0.1, -0.05) is 50.2 Å². The molecule has 1 atom stereocenters. The minimum absolute atomic E-state index is 0.116. The summed E-state index contributed by atoms with van der Waals surface area (Å²) >= 11 is 0. The van der Waals surface area contributed by atoms with Crippen molar-refractivity contribution in [3.05, 3.63) is 70.5 Å². The highest BCUT2D eigenvalue weighted by Crippen LogP contribution is 2.24. The fourth-order valence-corrected chi connectivity index (χ4v) is 2.47. The number of hydrogen-bond acceptors (Lipinski definition) is 1. The molecule has 0 aliphatic rings. The number of benzene rings is 2. The van der Waals surface area contributed by atoms with E-state index in [0.29, 0.717) is 5.56 Å². The van der Waals surface area contributed by atoms with Gasteiger partial charge < -0.3 is 5.32 Å². The molecule has 2 heteroatoms. The Bertz CT molecular complexity index is 577. The quantitative estimate of drug-likeness (QED) is 0.850. The highest BCUT2D eigenvalue weighted by molar-refractivity contribution is 5.36. The topological polar surface area (TPSA) is 12.0 Å². The van der Waals surface area contributed by atoms with Crippen molar-refractivity contribution in [2.75, 3.05) is 6.54 Å². The fourth-order valence-electron chi connectivity index (χ4n) is 2.47. The third-order valence-corrected chi connectivity index (χ3v) is 3.62. The number of nitrogens with one attached hydrogen (secondary N) is 1. The molecule has 2 rings (SSSR count). The zero-order chi connectivity index (χ0) is 14.5. The third-order valence-electron chi connectivity index (χ3n) is 3.62. The lowest BCUT2D eigenvalue weighted by Gasteiger charge is -2.20. The summed E-state index contributed by atoms with van der Waals surface area (Å²) in [6, 6.07) is 14.1. The predicted octanol–water partition coefficient (Wildman–Crippen LogP) is 4.40. The lowest BCUT2D eigenvalue weighted by atomic mass is 9.95. The van der Waals surface area contributed by atoms with Gasteiger partial charge in [0, 0.05) is 0 Å². The molecule has 0 aliphatic carbocycles. The average molecular weight is 271 g/mol. The van der Waals surface area contributed by atoms with Crippen LogP contribution in [0.3, 0.4) is 0 Å². The number of hydrogen-bond donors (Lipinski definition) is 1. The van der Waals surface area contributed by atoms with Crippen LogP contribution in [0.1, 0.15) is 42.1 Å². The third kappa shape index (κ3) is 3.26. The zero-order valence-electron chi connectivity index (χ0n) is 12.4. The minimum Gasteiger partial charge on any atom is -0.307 e. The SMILES string of the molecule is CCNC(c1cccc(CC)c1)c1ccc(F)c(C)c1. The monoisotopic (exact) mass is 271 g/mol. The van der Waals surface area contributed by atoms with Gasteiger partial charge in [-0.05, 0) is 48.2 Å². The molecule has 0 saturated carbocycles. The van der Waals surface area contributed by atoms with Crippen molar-refractivity contribution in [2.45, 2.75) is 33.2 Å². The van der Waals surface area contributed by atoms with Crippen LogP contribution in [-0.2, 0) is 6.42 Å². The molecule has 0 radical (unpaired) electrons. The summed E-state index contributed by atoms with van der Waals surface area (Å²) in [5.74, 6) is -0.147. The molecule has 0 aromatic heterocycles. The average Bonchev–Trinajstić information content (AvgIpc) is 2.48. The predicted molar refractivity (Wildman–Crippen MR) is 82.5 cm³/mol. The minimum atomic E-state index is -0.147. The molecule has 2 aromatic rings. The highest BCUT2D eigenvalue weighted by Gasteiger charge is 2.14. The maximum atomic E-state index is 13.4. The van der Waals surface area contributed by atoms with Crippen LogP contribution >= 0.6 is 0 Å². The van der Waals surface area contributed by atoms with Crippen molar-refractivity contribution in [2.24, 2.45) is 0 Å². The van der Waals surface area contributed by atoms with E-state index in [1.807, 2.05) is 19.1 Å². The Morgan fingerprint density at radius 3 is 2.45 bits per heavy atom. The second kappa shape index (κ2) is 6.67. The van der Waals surface area contributed by atoms with Crippen LogP contribution < -0.4 is 5.32 Å². The maximum Gasteiger partial charge on any atom is 0.126 e. The van der Waals surface area contributed by atoms with Crippen LogP contribution in [-0.4, -0.2) is 6.54 Å². The Morgan fingerprint density at radius 2 is 1.80 bits per heavy atom. The van der Waals surface area contributed by atoms with Crippen molar-refractivity contribution < 1.29 is 4.39 Å². The standard InChI is InChI=1S/C18H22FN/c1-4-14-7-6-8-15(12-14)18(20-5-2)16-9-10-17(19)13(3)11-16/h6-12,18,20H,4-5H2,1-3H3. The van der Waals surface area contributed by atoms with Crippen LogP contribution in [0.2, 0.25) is 0 Å². The van der Waals surface area contributed by atoms with E-state index >= 15 is 0 Å². The van der Waals surface area contributed by atoms with Gasteiger partial charge in [0.15, 0.2) is 0 Å². The Labute approximate surface area is 120 Å². The van der Waals surface area contributed by atoms with Gasteiger partial charge >= 0.3 is 0 Å². The van der Waals surface area contributed by atoms with Crippen LogP contribution in [0.15, 0.2) is 42.5 Å². The van der Waals surface area contributed by atoms with Gasteiger partial charge in [0.2, 0.25) is 0 Å². The molecule has 0 fully saturated rings. The summed E-state index contributed by atoms with van der Waals surface area (Å²) in [7, 11) is 0. The Hall–Kier alpha value is -1.67. The summed E-state index contributed by atoms with van der Waals surface area (Å²) < 4.78 is 13.4. The summed E-state index contributed by atoms with van der Waals surface area (Å²) in [4.78, 5) is 0. The smallest absolute Gasteiger partial charge is 0.126 e. The van der Waals surface area contributed by atoms with Crippen molar-refractivity contribution in [3.8, 4) is 0 Å². The van der Waals surface area contributed by atoms with E-state index in [4.69, 9.17) is 0 Å². The first kappa shape index (κ1) is 14.7. The van der Waals surface area contributed by atoms with E-state index in [1.165, 1.54) is 11.1 Å². The molecular formula is C18H22FN. The zero-order valence-corrected chi connectivity index (χ0v) is 12.4. The lowest BCUT2D eigenvalue weighted by molar-refractivity contribution is 0.606. The van der Waals surface area contributed by atoms with E-state index in [1.54, 1.807) is 6.07 Å². The van der Waals surface area contributed by atoms with Crippen LogP contribution in [0.5, 0.6) is 0 Å². The molecular weight excluding hydrogens is 249 g/mol. The van der Waals surface area contributed by atoms with Crippen LogP contribution in [0.25, 0.3) is 0 Å². The number of rotatable bonds is 5. The van der Waals surface area contributed by atoms with Crippen LogP contribution in [0.4, 0.5) is 4.39 Å². The Kier molecular flexibility index (Phi) is 4.91. The first-order valence-corrected chi connectivity index (χ1v) is 7.24. The van der Waals surface area contributed by atoms with E-state index in [0.717, 1.165) is 18.5 Å². The van der Waals surface area contributed by atoms with Gasteiger partial charge in [0.05, 0.1) is 6.04 Å². The van der Waals surface area contributed by atoms with Crippen molar-refractivity contribution in [1.29, 1.82) is 0 Å². The lowest BCUT2D eigenvalue weighted by Crippen LogP contribution is -2.22. The Morgan fingerprint density at radius 1 is 1.05 bits per heavy atom. The Balaban J connectivity index is 2.41. The molecule has 0 amide bonds. The summed E-state index contributed by atoms with van der Waals surface area (Å²) in [6.45, 7) is 6.93. The number of halogens is 1. The number of aryl methyl sites for hydroxylation is 2. The van der Waals surface area contributed by atoms with E-state index < -0.39 is 0 Å². The van der Waals surface area contributed by atoms with Crippen molar-refractivity contribution >= 4 is 0 Å². The molecule has 106 valence electrons. The molecule has 0 saturated heterocycles. The van der Waals surface area contributed by atoms with Gasteiger partial charge in [-0.15, -0.1) is 0 Å². The highest BCUT2D eigenvalue weighted by atomic mass is 19.1. The van der Waals surface area contributed by atoms with Gasteiger partial charge in [-0.2, -0.15) is 0 Å². The van der Waals surface area contributed by atoms with Gasteiger partial charge in [0.25, 0.3) is 0 Å². The first-order valence-electron chi connectivity index (χ1n) is 7.24. The van der Waals surface area contributed by atoms with E-state index in [2.05, 4.69) is 43.4 Å². The summed E-state index contributed by atoms with van der Waals surface area (Å²) in [5.41, 5.74) is 4.36. The second-order valence-corrected chi connectivity index (χ2v) is 5.10.